The zero-order valence-corrected chi connectivity index (χ0v) is 11.9. The minimum atomic E-state index is -1.30. The molecule has 0 bridgehead atoms. The highest BCUT2D eigenvalue weighted by Gasteiger charge is 2.18. The summed E-state index contributed by atoms with van der Waals surface area (Å²) in [7, 11) is 0. The summed E-state index contributed by atoms with van der Waals surface area (Å²) >= 11 is 11.8. The van der Waals surface area contributed by atoms with E-state index < -0.39 is 17.7 Å². The van der Waals surface area contributed by atoms with E-state index in [0.717, 1.165) is 18.2 Å². The number of carboxylic acids is 1. The van der Waals surface area contributed by atoms with Crippen LogP contribution in [-0.4, -0.2) is 17.0 Å². The monoisotopic (exact) mass is 327 g/mol. The van der Waals surface area contributed by atoms with E-state index in [1.807, 2.05) is 0 Å². The molecule has 2 rings (SSSR count). The maximum absolute atomic E-state index is 13.2. The van der Waals surface area contributed by atoms with Crippen LogP contribution in [0.2, 0.25) is 10.0 Å². The Kier molecular flexibility index (Phi) is 4.45. The minimum Gasteiger partial charge on any atom is -0.478 e. The van der Waals surface area contributed by atoms with Gasteiger partial charge in [0, 0.05) is 0 Å². The van der Waals surface area contributed by atoms with Gasteiger partial charge >= 0.3 is 5.97 Å². The third-order valence-corrected chi connectivity index (χ3v) is 3.28. The van der Waals surface area contributed by atoms with Crippen LogP contribution in [0.4, 0.5) is 10.1 Å². The highest BCUT2D eigenvalue weighted by Crippen LogP contribution is 2.26. The van der Waals surface area contributed by atoms with E-state index in [-0.39, 0.29) is 26.9 Å². The molecule has 0 radical (unpaired) electrons. The molecule has 1 amide bonds. The number of carbonyl (C=O) groups excluding carboxylic acids is 1. The van der Waals surface area contributed by atoms with E-state index in [4.69, 9.17) is 28.3 Å². The van der Waals surface area contributed by atoms with Crippen molar-refractivity contribution in [3.05, 3.63) is 63.4 Å². The Bertz CT molecular complexity index is 714. The molecule has 7 heteroatoms. The normalized spacial score (nSPS) is 10.2. The first kappa shape index (κ1) is 15.3. The zero-order valence-electron chi connectivity index (χ0n) is 10.4. The number of hydrogen-bond donors (Lipinski definition) is 2. The Balaban J connectivity index is 2.40. The van der Waals surface area contributed by atoms with Gasteiger partial charge in [-0.05, 0) is 30.3 Å². The molecule has 0 saturated carbocycles. The van der Waals surface area contributed by atoms with Crippen molar-refractivity contribution in [2.45, 2.75) is 0 Å². The Morgan fingerprint density at radius 2 is 1.71 bits per heavy atom. The average molecular weight is 328 g/mol. The second kappa shape index (κ2) is 6.11. The molecular weight excluding hydrogens is 320 g/mol. The predicted octanol–water partition coefficient (Wildman–Crippen LogP) is 4.08. The second-order valence-corrected chi connectivity index (χ2v) is 4.86. The molecule has 0 fully saturated rings. The molecule has 21 heavy (non-hydrogen) atoms. The van der Waals surface area contributed by atoms with E-state index in [9.17, 15) is 14.0 Å². The number of hydrogen-bond acceptors (Lipinski definition) is 2. The Morgan fingerprint density at radius 1 is 1.10 bits per heavy atom. The third-order valence-electron chi connectivity index (χ3n) is 2.65. The number of aromatic carboxylic acids is 1. The number of halogens is 3. The lowest BCUT2D eigenvalue weighted by Crippen LogP contribution is -2.16. The van der Waals surface area contributed by atoms with Crippen molar-refractivity contribution in [2.24, 2.45) is 0 Å². The van der Waals surface area contributed by atoms with Crippen molar-refractivity contribution in [3.63, 3.8) is 0 Å². The summed E-state index contributed by atoms with van der Waals surface area (Å²) in [5, 5.41) is 11.5. The van der Waals surface area contributed by atoms with Crippen LogP contribution in [0.25, 0.3) is 0 Å². The van der Waals surface area contributed by atoms with Gasteiger partial charge in [0.25, 0.3) is 5.91 Å². The molecule has 0 unspecified atom stereocenters. The highest BCUT2D eigenvalue weighted by molar-refractivity contribution is 6.40. The summed E-state index contributed by atoms with van der Waals surface area (Å²) in [5.41, 5.74) is -0.433. The van der Waals surface area contributed by atoms with Gasteiger partial charge in [0.2, 0.25) is 0 Å². The van der Waals surface area contributed by atoms with Crippen molar-refractivity contribution in [2.75, 3.05) is 5.32 Å². The van der Waals surface area contributed by atoms with Crippen LogP contribution in [0, 0.1) is 5.82 Å². The molecule has 0 atom stereocenters. The van der Waals surface area contributed by atoms with Crippen molar-refractivity contribution >= 4 is 40.8 Å². The number of benzene rings is 2. The lowest BCUT2D eigenvalue weighted by Gasteiger charge is -2.10. The molecule has 0 saturated heterocycles. The van der Waals surface area contributed by atoms with Crippen LogP contribution in [0.3, 0.4) is 0 Å². The summed E-state index contributed by atoms with van der Waals surface area (Å²) in [4.78, 5) is 23.2. The summed E-state index contributed by atoms with van der Waals surface area (Å²) < 4.78 is 13.2. The molecule has 0 aromatic heterocycles. The van der Waals surface area contributed by atoms with Gasteiger partial charge in [0.1, 0.15) is 5.82 Å². The van der Waals surface area contributed by atoms with Gasteiger partial charge in [-0.2, -0.15) is 0 Å². The molecule has 2 N–H and O–H groups in total. The van der Waals surface area contributed by atoms with Crippen LogP contribution in [0.5, 0.6) is 0 Å². The molecule has 0 aliphatic rings. The zero-order chi connectivity index (χ0) is 15.6. The molecule has 0 aliphatic carbocycles. The van der Waals surface area contributed by atoms with Gasteiger partial charge in [-0.15, -0.1) is 0 Å². The molecule has 0 heterocycles. The van der Waals surface area contributed by atoms with Crippen LogP contribution >= 0.6 is 23.2 Å². The highest BCUT2D eigenvalue weighted by atomic mass is 35.5. The standard InChI is InChI=1S/C14H8Cl2FNO3/c15-9-2-1-3-10(16)12(9)13(19)18-11-6-7(17)4-5-8(11)14(20)21/h1-6H,(H,18,19)(H,20,21). The van der Waals surface area contributed by atoms with E-state index in [1.54, 1.807) is 6.07 Å². The fourth-order valence-corrected chi connectivity index (χ4v) is 2.28. The SMILES string of the molecule is O=C(O)c1ccc(F)cc1NC(=O)c1c(Cl)cccc1Cl. The van der Waals surface area contributed by atoms with E-state index >= 15 is 0 Å². The van der Waals surface area contributed by atoms with Crippen molar-refractivity contribution in [1.29, 1.82) is 0 Å². The number of rotatable bonds is 3. The summed E-state index contributed by atoms with van der Waals surface area (Å²) in [6, 6.07) is 7.44. The number of carboxylic acid groups (broad SMARTS) is 1. The van der Waals surface area contributed by atoms with Crippen LogP contribution in [0.1, 0.15) is 20.7 Å². The van der Waals surface area contributed by atoms with Gasteiger partial charge in [-0.1, -0.05) is 29.3 Å². The van der Waals surface area contributed by atoms with Gasteiger partial charge in [0.15, 0.2) is 0 Å². The lowest BCUT2D eigenvalue weighted by atomic mass is 10.1. The Morgan fingerprint density at radius 3 is 2.29 bits per heavy atom. The number of nitrogens with one attached hydrogen (secondary N) is 1. The first-order valence-electron chi connectivity index (χ1n) is 5.68. The van der Waals surface area contributed by atoms with Gasteiger partial charge < -0.3 is 10.4 Å². The lowest BCUT2D eigenvalue weighted by molar-refractivity contribution is 0.0698. The van der Waals surface area contributed by atoms with Crippen molar-refractivity contribution in [1.82, 2.24) is 0 Å². The molecule has 0 aliphatic heterocycles. The minimum absolute atomic E-state index is 0.0126. The fraction of sp³-hybridized carbons (Fsp3) is 0. The fourth-order valence-electron chi connectivity index (χ4n) is 1.71. The van der Waals surface area contributed by atoms with Crippen LogP contribution in [-0.2, 0) is 0 Å². The predicted molar refractivity (Wildman–Crippen MR) is 77.8 cm³/mol. The number of amides is 1. The molecule has 2 aromatic rings. The van der Waals surface area contributed by atoms with Crippen LogP contribution in [0.15, 0.2) is 36.4 Å². The maximum Gasteiger partial charge on any atom is 0.337 e. The van der Waals surface area contributed by atoms with E-state index in [0.29, 0.717) is 0 Å². The number of anilines is 1. The molecular formula is C14H8Cl2FNO3. The van der Waals surface area contributed by atoms with Gasteiger partial charge in [-0.3, -0.25) is 4.79 Å². The first-order chi connectivity index (χ1) is 9.90. The van der Waals surface area contributed by atoms with E-state index in [2.05, 4.69) is 5.32 Å². The third kappa shape index (κ3) is 3.32. The van der Waals surface area contributed by atoms with Gasteiger partial charge in [0.05, 0.1) is 26.9 Å². The Labute approximate surface area is 129 Å². The molecule has 2 aromatic carbocycles. The number of carbonyl (C=O) groups is 2. The van der Waals surface area contributed by atoms with Crippen molar-refractivity contribution in [3.8, 4) is 0 Å². The topological polar surface area (TPSA) is 66.4 Å². The molecule has 108 valence electrons. The smallest absolute Gasteiger partial charge is 0.337 e. The Hall–Kier alpha value is -2.11. The van der Waals surface area contributed by atoms with Gasteiger partial charge in [-0.25, -0.2) is 9.18 Å². The summed E-state index contributed by atoms with van der Waals surface area (Å²) in [5.74, 6) is -2.70. The quantitative estimate of drug-likeness (QED) is 0.892. The first-order valence-corrected chi connectivity index (χ1v) is 6.44. The van der Waals surface area contributed by atoms with E-state index in [1.165, 1.54) is 12.1 Å². The maximum atomic E-state index is 13.2. The molecule has 4 nitrogen and oxygen atoms in total. The summed E-state index contributed by atoms with van der Waals surface area (Å²) in [6.07, 6.45) is 0. The molecule has 0 spiro atoms. The largest absolute Gasteiger partial charge is 0.478 e. The average Bonchev–Trinajstić information content (AvgIpc) is 2.38. The van der Waals surface area contributed by atoms with Crippen LogP contribution < -0.4 is 5.32 Å². The summed E-state index contributed by atoms with van der Waals surface area (Å²) in [6.45, 7) is 0. The van der Waals surface area contributed by atoms with Crippen molar-refractivity contribution < 1.29 is 19.1 Å². The second-order valence-electron chi connectivity index (χ2n) is 4.05.